The van der Waals surface area contributed by atoms with Crippen LogP contribution in [0.4, 0.5) is 0 Å². The van der Waals surface area contributed by atoms with Crippen molar-refractivity contribution in [3.63, 3.8) is 0 Å². The third-order valence-electron chi connectivity index (χ3n) is 4.28. The first kappa shape index (κ1) is 6.47. The molecule has 0 aromatic rings. The third kappa shape index (κ3) is 0.547. The summed E-state index contributed by atoms with van der Waals surface area (Å²) >= 11 is 0. The maximum atomic E-state index is 3.51. The van der Waals surface area contributed by atoms with Crippen LogP contribution < -0.4 is 0 Å². The van der Waals surface area contributed by atoms with E-state index in [4.69, 9.17) is 0 Å². The van der Waals surface area contributed by atoms with Gasteiger partial charge in [-0.05, 0) is 12.8 Å². The molecule has 0 amide bonds. The molecule has 1 aliphatic carbocycles. The van der Waals surface area contributed by atoms with Gasteiger partial charge in [0.1, 0.15) is 0 Å². The minimum absolute atomic E-state index is 0.830. The lowest BCUT2D eigenvalue weighted by atomic mass is 9.95. The van der Waals surface area contributed by atoms with Crippen LogP contribution in [0.5, 0.6) is 0 Å². The van der Waals surface area contributed by atoms with E-state index in [-0.39, 0.29) is 0 Å². The van der Waals surface area contributed by atoms with E-state index in [1.54, 1.807) is 0 Å². The molecule has 0 bridgehead atoms. The Bertz CT molecular complexity index is 199. The predicted octanol–water partition coefficient (Wildman–Crippen LogP) is 1.84. The second-order valence-corrected chi connectivity index (χ2v) is 4.80. The molecule has 0 radical (unpaired) electrons. The van der Waals surface area contributed by atoms with Gasteiger partial charge in [0.15, 0.2) is 18.8 Å². The lowest BCUT2D eigenvalue weighted by Gasteiger charge is -2.42. The van der Waals surface area contributed by atoms with Crippen molar-refractivity contribution < 1.29 is 4.37 Å². The van der Waals surface area contributed by atoms with Gasteiger partial charge in [0.2, 0.25) is 0 Å². The average Bonchev–Trinajstić information content (AvgIpc) is 2.47. The highest BCUT2D eigenvalue weighted by Crippen LogP contribution is 2.65. The zero-order valence-corrected chi connectivity index (χ0v) is 7.58. The number of hydrogen-bond donors (Lipinski definition) is 0. The molecule has 6 atom stereocenters. The van der Waals surface area contributed by atoms with Gasteiger partial charge < -0.3 is 4.37 Å². The highest BCUT2D eigenvalue weighted by Gasteiger charge is 2.73. The van der Waals surface area contributed by atoms with Gasteiger partial charge in [0.05, 0.1) is 5.92 Å². The van der Waals surface area contributed by atoms with Crippen LogP contribution in [0.25, 0.3) is 0 Å². The smallest absolute Gasteiger partial charge is 0.169 e. The molecule has 1 heteroatoms. The Balaban J connectivity index is 1.87. The minimum atomic E-state index is 0.830. The van der Waals surface area contributed by atoms with Crippen LogP contribution in [0, 0.1) is 23.7 Å². The molecule has 0 aromatic heterocycles. The SMILES string of the molecule is CC1C2[C@@H]1C1[C@@H](C)C[O+]1[C@H]2C. The Kier molecular flexibility index (Phi) is 0.976. The van der Waals surface area contributed by atoms with E-state index in [1.807, 2.05) is 0 Å². The molecule has 3 rings (SSSR count). The molecule has 62 valence electrons. The first-order valence-electron chi connectivity index (χ1n) is 4.90. The third-order valence-corrected chi connectivity index (χ3v) is 4.28. The Morgan fingerprint density at radius 2 is 1.82 bits per heavy atom. The van der Waals surface area contributed by atoms with Gasteiger partial charge in [-0.2, -0.15) is 0 Å². The van der Waals surface area contributed by atoms with Crippen LogP contribution in [0.2, 0.25) is 0 Å². The zero-order chi connectivity index (χ0) is 7.75. The first-order chi connectivity index (χ1) is 5.22. The van der Waals surface area contributed by atoms with E-state index >= 15 is 0 Å². The monoisotopic (exact) mass is 153 g/mol. The van der Waals surface area contributed by atoms with Crippen LogP contribution >= 0.6 is 0 Å². The van der Waals surface area contributed by atoms with E-state index in [9.17, 15) is 0 Å². The maximum Gasteiger partial charge on any atom is 0.169 e. The molecule has 3 aliphatic rings. The summed E-state index contributed by atoms with van der Waals surface area (Å²) in [6.07, 6.45) is 1.74. The summed E-state index contributed by atoms with van der Waals surface area (Å²) < 4.78 is 3.51. The predicted molar refractivity (Wildman–Crippen MR) is 44.5 cm³/mol. The molecule has 0 aromatic carbocycles. The van der Waals surface area contributed by atoms with E-state index in [0.29, 0.717) is 0 Å². The molecule has 2 heterocycles. The highest BCUT2D eigenvalue weighted by atomic mass is 16.7. The number of fused-ring (bicyclic) bond motifs is 3. The van der Waals surface area contributed by atoms with Crippen molar-refractivity contribution in [2.24, 2.45) is 23.7 Å². The molecule has 3 fully saturated rings. The van der Waals surface area contributed by atoms with Crippen molar-refractivity contribution in [2.45, 2.75) is 33.0 Å². The van der Waals surface area contributed by atoms with E-state index < -0.39 is 0 Å². The van der Waals surface area contributed by atoms with E-state index in [1.165, 1.54) is 6.61 Å². The molecular formula is C10H17O+. The standard InChI is InChI=1S/C10H17O/c1-5-4-11-7(3)8-6(2)9(8)10(5)11/h5-10H,4H2,1-3H3/q+1/t5-,6?,7-,8?,9+,10?/m0/s1. The molecule has 1 saturated carbocycles. The molecule has 1 nitrogen and oxygen atoms in total. The van der Waals surface area contributed by atoms with Crippen LogP contribution in [-0.2, 0) is 4.37 Å². The van der Waals surface area contributed by atoms with Crippen molar-refractivity contribution in [1.82, 2.24) is 0 Å². The maximum absolute atomic E-state index is 3.51. The van der Waals surface area contributed by atoms with Gasteiger partial charge >= 0.3 is 0 Å². The molecular weight excluding hydrogens is 136 g/mol. The van der Waals surface area contributed by atoms with Gasteiger partial charge in [-0.1, -0.05) is 6.92 Å². The van der Waals surface area contributed by atoms with Crippen LogP contribution in [0.15, 0.2) is 0 Å². The summed E-state index contributed by atoms with van der Waals surface area (Å²) in [5.41, 5.74) is 0. The summed E-state index contributed by atoms with van der Waals surface area (Å²) in [5, 5.41) is 0. The van der Waals surface area contributed by atoms with Crippen molar-refractivity contribution in [3.8, 4) is 0 Å². The fourth-order valence-corrected chi connectivity index (χ4v) is 3.65. The summed E-state index contributed by atoms with van der Waals surface area (Å²) in [6.45, 7) is 8.51. The Labute approximate surface area is 68.4 Å². The van der Waals surface area contributed by atoms with E-state index in [2.05, 4.69) is 25.1 Å². The van der Waals surface area contributed by atoms with Crippen molar-refractivity contribution in [2.75, 3.05) is 6.61 Å². The lowest BCUT2D eigenvalue weighted by Crippen LogP contribution is -2.50. The molecule has 11 heavy (non-hydrogen) atoms. The topological polar surface area (TPSA) is 2.70 Å². The summed E-state index contributed by atoms with van der Waals surface area (Å²) in [5.74, 6) is 4.08. The van der Waals surface area contributed by atoms with Gasteiger partial charge in [0, 0.05) is 18.8 Å². The fourth-order valence-electron chi connectivity index (χ4n) is 3.65. The number of hydrogen-bond acceptors (Lipinski definition) is 0. The summed E-state index contributed by atoms with van der Waals surface area (Å²) in [4.78, 5) is 0. The second kappa shape index (κ2) is 1.66. The van der Waals surface area contributed by atoms with Crippen molar-refractivity contribution >= 4 is 0 Å². The van der Waals surface area contributed by atoms with Crippen LogP contribution in [0.1, 0.15) is 20.8 Å². The quantitative estimate of drug-likeness (QED) is 0.467. The molecule has 0 N–H and O–H groups in total. The van der Waals surface area contributed by atoms with Crippen molar-refractivity contribution in [1.29, 1.82) is 0 Å². The van der Waals surface area contributed by atoms with Gasteiger partial charge in [-0.3, -0.25) is 0 Å². The first-order valence-corrected chi connectivity index (χ1v) is 4.90. The van der Waals surface area contributed by atoms with Gasteiger partial charge in [0.25, 0.3) is 0 Å². The Hall–Kier alpha value is -0.0400. The number of rotatable bonds is 0. The zero-order valence-electron chi connectivity index (χ0n) is 7.58. The second-order valence-electron chi connectivity index (χ2n) is 4.80. The largest absolute Gasteiger partial charge is 0.416 e. The van der Waals surface area contributed by atoms with E-state index in [0.717, 1.165) is 35.9 Å². The Morgan fingerprint density at radius 1 is 1.09 bits per heavy atom. The van der Waals surface area contributed by atoms with Gasteiger partial charge in [-0.15, -0.1) is 0 Å². The average molecular weight is 153 g/mol. The molecule has 0 spiro atoms. The molecule has 3 unspecified atom stereocenters. The van der Waals surface area contributed by atoms with Gasteiger partial charge in [-0.25, -0.2) is 0 Å². The normalized spacial score (nSPS) is 66.8. The Morgan fingerprint density at radius 3 is 2.36 bits per heavy atom. The van der Waals surface area contributed by atoms with Crippen molar-refractivity contribution in [3.05, 3.63) is 0 Å². The van der Waals surface area contributed by atoms with Crippen LogP contribution in [0.3, 0.4) is 0 Å². The summed E-state index contributed by atoms with van der Waals surface area (Å²) in [6, 6.07) is 0. The van der Waals surface area contributed by atoms with Crippen LogP contribution in [-0.4, -0.2) is 18.8 Å². The highest BCUT2D eigenvalue weighted by molar-refractivity contribution is 5.13. The molecule has 2 saturated heterocycles. The summed E-state index contributed by atoms with van der Waals surface area (Å²) in [7, 11) is 0. The lowest BCUT2D eigenvalue weighted by molar-refractivity contribution is -0.318. The fraction of sp³-hybridized carbons (Fsp3) is 1.00. The minimum Gasteiger partial charge on any atom is -0.416 e. The molecule has 2 aliphatic heterocycles.